The first-order chi connectivity index (χ1) is 7.74. The highest BCUT2D eigenvalue weighted by atomic mass is 32.1. The summed E-state index contributed by atoms with van der Waals surface area (Å²) < 4.78 is 10.7. The van der Waals surface area contributed by atoms with Gasteiger partial charge in [0.05, 0.1) is 6.04 Å². The minimum atomic E-state index is -0.233. The first kappa shape index (κ1) is 13.6. The summed E-state index contributed by atoms with van der Waals surface area (Å²) in [6, 6.07) is 2.25. The molecule has 1 atom stereocenters. The number of hydrogen-bond acceptors (Lipinski definition) is 4. The van der Waals surface area contributed by atoms with E-state index in [4.69, 9.17) is 9.47 Å². The van der Waals surface area contributed by atoms with Gasteiger partial charge in [0.25, 0.3) is 0 Å². The van der Waals surface area contributed by atoms with Crippen molar-refractivity contribution in [2.24, 2.45) is 0 Å². The van der Waals surface area contributed by atoms with E-state index in [1.807, 2.05) is 0 Å². The molecular weight excluding hydrogens is 222 g/mol. The molecule has 0 aliphatic rings. The van der Waals surface area contributed by atoms with Gasteiger partial charge in [0.15, 0.2) is 6.29 Å². The normalized spacial score (nSPS) is 13.3. The molecule has 0 bridgehead atoms. The predicted octanol–water partition coefficient (Wildman–Crippen LogP) is 2.72. The van der Waals surface area contributed by atoms with E-state index < -0.39 is 0 Å². The molecular formula is C12H21NO2S. The van der Waals surface area contributed by atoms with Gasteiger partial charge in [-0.05, 0) is 36.9 Å². The maximum Gasteiger partial charge on any atom is 0.177 e. The van der Waals surface area contributed by atoms with E-state index in [1.165, 1.54) is 10.4 Å². The van der Waals surface area contributed by atoms with Crippen molar-refractivity contribution in [3.05, 3.63) is 21.9 Å². The molecule has 0 spiro atoms. The smallest absolute Gasteiger partial charge is 0.177 e. The number of hydrogen-bond donors (Lipinski definition) is 1. The third kappa shape index (κ3) is 3.28. The minimum absolute atomic E-state index is 0.120. The summed E-state index contributed by atoms with van der Waals surface area (Å²) >= 11 is 1.74. The summed E-state index contributed by atoms with van der Waals surface area (Å²) in [6.45, 7) is 5.24. The lowest BCUT2D eigenvalue weighted by Crippen LogP contribution is -2.34. The number of rotatable bonds is 7. The van der Waals surface area contributed by atoms with Gasteiger partial charge >= 0.3 is 0 Å². The minimum Gasteiger partial charge on any atom is -0.354 e. The van der Waals surface area contributed by atoms with E-state index >= 15 is 0 Å². The van der Waals surface area contributed by atoms with Crippen LogP contribution >= 0.6 is 11.3 Å². The van der Waals surface area contributed by atoms with Crippen LogP contribution in [-0.4, -0.2) is 27.1 Å². The summed E-state index contributed by atoms with van der Waals surface area (Å²) in [4.78, 5) is 1.29. The molecule has 0 saturated carbocycles. The van der Waals surface area contributed by atoms with Gasteiger partial charge in [-0.3, -0.25) is 0 Å². The zero-order chi connectivity index (χ0) is 12.0. The second-order valence-electron chi connectivity index (χ2n) is 3.74. The topological polar surface area (TPSA) is 30.5 Å². The SMILES string of the molecule is CCCNC(c1sccc1C)C(OC)OC. The van der Waals surface area contributed by atoms with E-state index in [0.29, 0.717) is 0 Å². The molecule has 0 fully saturated rings. The molecule has 0 aliphatic carbocycles. The molecule has 1 unspecified atom stereocenters. The fourth-order valence-electron chi connectivity index (χ4n) is 1.68. The number of ether oxygens (including phenoxy) is 2. The molecule has 1 aromatic rings. The van der Waals surface area contributed by atoms with Crippen molar-refractivity contribution in [2.75, 3.05) is 20.8 Å². The lowest BCUT2D eigenvalue weighted by atomic mass is 10.1. The van der Waals surface area contributed by atoms with Crippen LogP contribution in [0.15, 0.2) is 11.4 Å². The van der Waals surface area contributed by atoms with E-state index in [0.717, 1.165) is 13.0 Å². The monoisotopic (exact) mass is 243 g/mol. The third-order valence-electron chi connectivity index (χ3n) is 2.54. The quantitative estimate of drug-likeness (QED) is 0.747. The van der Waals surface area contributed by atoms with Gasteiger partial charge in [-0.2, -0.15) is 0 Å². The van der Waals surface area contributed by atoms with Gasteiger partial charge in [-0.25, -0.2) is 0 Å². The molecule has 4 heteroatoms. The van der Waals surface area contributed by atoms with Crippen molar-refractivity contribution in [3.8, 4) is 0 Å². The van der Waals surface area contributed by atoms with Crippen LogP contribution in [0.2, 0.25) is 0 Å². The lowest BCUT2D eigenvalue weighted by Gasteiger charge is -2.25. The van der Waals surface area contributed by atoms with Crippen LogP contribution in [0.3, 0.4) is 0 Å². The van der Waals surface area contributed by atoms with E-state index in [2.05, 4.69) is 30.6 Å². The zero-order valence-corrected chi connectivity index (χ0v) is 11.3. The molecule has 1 heterocycles. The Kier molecular flexibility index (Phi) is 5.98. The van der Waals surface area contributed by atoms with Crippen molar-refractivity contribution in [3.63, 3.8) is 0 Å². The highest BCUT2D eigenvalue weighted by Gasteiger charge is 2.24. The van der Waals surface area contributed by atoms with E-state index in [1.54, 1.807) is 25.6 Å². The number of thiophene rings is 1. The van der Waals surface area contributed by atoms with Crippen LogP contribution in [0.4, 0.5) is 0 Å². The van der Waals surface area contributed by atoms with Gasteiger partial charge in [0.2, 0.25) is 0 Å². The van der Waals surface area contributed by atoms with E-state index in [-0.39, 0.29) is 12.3 Å². The number of aryl methyl sites for hydroxylation is 1. The van der Waals surface area contributed by atoms with Crippen LogP contribution in [-0.2, 0) is 9.47 Å². The molecule has 0 radical (unpaired) electrons. The Morgan fingerprint density at radius 1 is 1.38 bits per heavy atom. The van der Waals surface area contributed by atoms with Crippen molar-refractivity contribution in [1.29, 1.82) is 0 Å². The maximum atomic E-state index is 5.36. The number of nitrogens with one attached hydrogen (secondary N) is 1. The van der Waals surface area contributed by atoms with Crippen LogP contribution in [0.1, 0.15) is 29.8 Å². The maximum absolute atomic E-state index is 5.36. The van der Waals surface area contributed by atoms with Crippen LogP contribution in [0.5, 0.6) is 0 Å². The summed E-state index contributed by atoms with van der Waals surface area (Å²) in [5, 5.41) is 5.58. The molecule has 1 rings (SSSR count). The van der Waals surface area contributed by atoms with Gasteiger partial charge in [-0.1, -0.05) is 6.92 Å². The highest BCUT2D eigenvalue weighted by molar-refractivity contribution is 7.10. The Morgan fingerprint density at radius 3 is 2.50 bits per heavy atom. The molecule has 1 aromatic heterocycles. The standard InChI is InChI=1S/C12H21NO2S/c1-5-7-13-10(12(14-3)15-4)11-9(2)6-8-16-11/h6,8,10,12-13H,5,7H2,1-4H3. The van der Waals surface area contributed by atoms with Crippen LogP contribution < -0.4 is 5.32 Å². The molecule has 1 N–H and O–H groups in total. The molecule has 0 saturated heterocycles. The van der Waals surface area contributed by atoms with Crippen molar-refractivity contribution >= 4 is 11.3 Å². The molecule has 3 nitrogen and oxygen atoms in total. The second kappa shape index (κ2) is 7.01. The first-order valence-electron chi connectivity index (χ1n) is 5.57. The summed E-state index contributed by atoms with van der Waals surface area (Å²) in [5.41, 5.74) is 1.29. The average Bonchev–Trinajstić information content (AvgIpc) is 2.71. The Hall–Kier alpha value is -0.420. The van der Waals surface area contributed by atoms with Crippen LogP contribution in [0.25, 0.3) is 0 Å². The van der Waals surface area contributed by atoms with Gasteiger partial charge < -0.3 is 14.8 Å². The Bertz CT molecular complexity index is 297. The Balaban J connectivity index is 2.82. The molecule has 16 heavy (non-hydrogen) atoms. The first-order valence-corrected chi connectivity index (χ1v) is 6.45. The molecule has 0 aromatic carbocycles. The molecule has 0 amide bonds. The highest BCUT2D eigenvalue weighted by Crippen LogP contribution is 2.27. The third-order valence-corrected chi connectivity index (χ3v) is 3.64. The average molecular weight is 243 g/mol. The largest absolute Gasteiger partial charge is 0.354 e. The van der Waals surface area contributed by atoms with Gasteiger partial charge in [0, 0.05) is 19.1 Å². The second-order valence-corrected chi connectivity index (χ2v) is 4.69. The number of methoxy groups -OCH3 is 2. The summed E-state index contributed by atoms with van der Waals surface area (Å²) in [6.07, 6.45) is 0.866. The van der Waals surface area contributed by atoms with Crippen molar-refractivity contribution < 1.29 is 9.47 Å². The molecule has 0 aliphatic heterocycles. The fourth-order valence-corrected chi connectivity index (χ4v) is 2.70. The fraction of sp³-hybridized carbons (Fsp3) is 0.667. The van der Waals surface area contributed by atoms with Crippen LogP contribution in [0, 0.1) is 6.92 Å². The summed E-state index contributed by atoms with van der Waals surface area (Å²) in [5.74, 6) is 0. The summed E-state index contributed by atoms with van der Waals surface area (Å²) in [7, 11) is 3.36. The van der Waals surface area contributed by atoms with Crippen molar-refractivity contribution in [1.82, 2.24) is 5.32 Å². The van der Waals surface area contributed by atoms with Gasteiger partial charge in [-0.15, -0.1) is 11.3 Å². The van der Waals surface area contributed by atoms with E-state index in [9.17, 15) is 0 Å². The Labute approximate surface area is 102 Å². The zero-order valence-electron chi connectivity index (χ0n) is 10.4. The van der Waals surface area contributed by atoms with Crippen molar-refractivity contribution in [2.45, 2.75) is 32.6 Å². The molecule has 92 valence electrons. The lowest BCUT2D eigenvalue weighted by molar-refractivity contribution is -0.123. The Morgan fingerprint density at radius 2 is 2.06 bits per heavy atom. The predicted molar refractivity (Wildman–Crippen MR) is 67.9 cm³/mol. The van der Waals surface area contributed by atoms with Gasteiger partial charge in [0.1, 0.15) is 0 Å².